The SMILES string of the molecule is O=C(C=Cc1ccc(O)cc1)NC[C@@H](O)c1ccc(O)cc1. The maximum atomic E-state index is 11.7. The first-order chi connectivity index (χ1) is 10.5. The molecule has 0 aromatic heterocycles. The van der Waals surface area contributed by atoms with Crippen molar-refractivity contribution in [3.63, 3.8) is 0 Å². The minimum Gasteiger partial charge on any atom is -0.508 e. The molecule has 114 valence electrons. The second-order valence-corrected chi connectivity index (χ2v) is 4.78. The van der Waals surface area contributed by atoms with E-state index >= 15 is 0 Å². The van der Waals surface area contributed by atoms with Gasteiger partial charge in [-0.25, -0.2) is 0 Å². The van der Waals surface area contributed by atoms with Crippen molar-refractivity contribution in [2.45, 2.75) is 6.10 Å². The van der Waals surface area contributed by atoms with Gasteiger partial charge in [0.25, 0.3) is 0 Å². The third-order valence-corrected chi connectivity index (χ3v) is 3.07. The first-order valence-corrected chi connectivity index (χ1v) is 6.76. The fraction of sp³-hybridized carbons (Fsp3) is 0.118. The smallest absolute Gasteiger partial charge is 0.244 e. The minimum atomic E-state index is -0.841. The first kappa shape index (κ1) is 15.6. The van der Waals surface area contributed by atoms with Crippen LogP contribution in [0.4, 0.5) is 0 Å². The zero-order valence-electron chi connectivity index (χ0n) is 11.8. The number of carbonyl (C=O) groups excluding carboxylic acids is 1. The molecule has 22 heavy (non-hydrogen) atoms. The first-order valence-electron chi connectivity index (χ1n) is 6.76. The van der Waals surface area contributed by atoms with Gasteiger partial charge in [0.15, 0.2) is 0 Å². The summed E-state index contributed by atoms with van der Waals surface area (Å²) in [6, 6.07) is 12.6. The van der Waals surface area contributed by atoms with Crippen molar-refractivity contribution in [2.24, 2.45) is 0 Å². The van der Waals surface area contributed by atoms with Crippen LogP contribution in [-0.2, 0) is 4.79 Å². The average Bonchev–Trinajstić information content (AvgIpc) is 2.52. The number of benzene rings is 2. The van der Waals surface area contributed by atoms with Crippen LogP contribution in [0.15, 0.2) is 54.6 Å². The lowest BCUT2D eigenvalue weighted by Gasteiger charge is -2.11. The van der Waals surface area contributed by atoms with Crippen LogP contribution in [0.3, 0.4) is 0 Å². The summed E-state index contributed by atoms with van der Waals surface area (Å²) in [6.07, 6.45) is 2.13. The molecule has 1 amide bonds. The highest BCUT2D eigenvalue weighted by molar-refractivity contribution is 5.91. The Labute approximate surface area is 128 Å². The van der Waals surface area contributed by atoms with Crippen LogP contribution >= 0.6 is 0 Å². The van der Waals surface area contributed by atoms with Crippen molar-refractivity contribution < 1.29 is 20.1 Å². The number of hydrogen-bond acceptors (Lipinski definition) is 4. The number of nitrogens with one attached hydrogen (secondary N) is 1. The molecule has 4 N–H and O–H groups in total. The van der Waals surface area contributed by atoms with Gasteiger partial charge in [-0.1, -0.05) is 24.3 Å². The van der Waals surface area contributed by atoms with Crippen molar-refractivity contribution in [3.05, 3.63) is 65.7 Å². The van der Waals surface area contributed by atoms with Gasteiger partial charge in [0.2, 0.25) is 5.91 Å². The number of carbonyl (C=O) groups is 1. The number of phenolic OH excluding ortho intramolecular Hbond substituents is 2. The predicted molar refractivity (Wildman–Crippen MR) is 83.2 cm³/mol. The number of amides is 1. The van der Waals surface area contributed by atoms with Crippen LogP contribution in [0.5, 0.6) is 11.5 Å². The lowest BCUT2D eigenvalue weighted by atomic mass is 10.1. The molecular formula is C17H17NO4. The van der Waals surface area contributed by atoms with Crippen LogP contribution in [0.25, 0.3) is 6.08 Å². The molecule has 0 aliphatic carbocycles. The van der Waals surface area contributed by atoms with E-state index < -0.39 is 6.10 Å². The van der Waals surface area contributed by atoms with Crippen LogP contribution < -0.4 is 5.32 Å². The van der Waals surface area contributed by atoms with E-state index in [9.17, 15) is 15.0 Å². The fourth-order valence-corrected chi connectivity index (χ4v) is 1.83. The lowest BCUT2D eigenvalue weighted by molar-refractivity contribution is -0.116. The van der Waals surface area contributed by atoms with Crippen molar-refractivity contribution in [1.82, 2.24) is 5.32 Å². The molecule has 2 aromatic carbocycles. The number of phenols is 2. The standard InChI is InChI=1S/C17H17NO4/c19-14-6-1-12(2-7-14)3-10-17(22)18-11-16(21)13-4-8-15(20)9-5-13/h1-10,16,19-21H,11H2,(H,18,22)/t16-/m1/s1. The van der Waals surface area contributed by atoms with Gasteiger partial charge in [-0.2, -0.15) is 0 Å². The van der Waals surface area contributed by atoms with Gasteiger partial charge in [0.1, 0.15) is 11.5 Å². The Morgan fingerprint density at radius 3 is 2.14 bits per heavy atom. The number of aromatic hydroxyl groups is 2. The van der Waals surface area contributed by atoms with Gasteiger partial charge in [0, 0.05) is 12.6 Å². The van der Waals surface area contributed by atoms with Crippen molar-refractivity contribution in [3.8, 4) is 11.5 Å². The second kappa shape index (κ2) is 7.28. The Morgan fingerprint density at radius 1 is 1.00 bits per heavy atom. The second-order valence-electron chi connectivity index (χ2n) is 4.78. The molecule has 0 bridgehead atoms. The normalized spacial score (nSPS) is 12.2. The van der Waals surface area contributed by atoms with Gasteiger partial charge in [-0.15, -0.1) is 0 Å². The zero-order chi connectivity index (χ0) is 15.9. The Hall–Kier alpha value is -2.79. The third kappa shape index (κ3) is 4.64. The zero-order valence-corrected chi connectivity index (χ0v) is 11.8. The summed E-state index contributed by atoms with van der Waals surface area (Å²) in [7, 11) is 0. The topological polar surface area (TPSA) is 89.8 Å². The van der Waals surface area contributed by atoms with E-state index in [2.05, 4.69) is 5.32 Å². The average molecular weight is 299 g/mol. The number of aliphatic hydroxyl groups excluding tert-OH is 1. The molecule has 0 unspecified atom stereocenters. The molecule has 0 heterocycles. The van der Waals surface area contributed by atoms with Crippen LogP contribution in [-0.4, -0.2) is 27.8 Å². The van der Waals surface area contributed by atoms with E-state index in [1.807, 2.05) is 0 Å². The van der Waals surface area contributed by atoms with Gasteiger partial charge < -0.3 is 20.6 Å². The summed E-state index contributed by atoms with van der Waals surface area (Å²) in [6.45, 7) is 0.0729. The minimum absolute atomic E-state index is 0.0729. The van der Waals surface area contributed by atoms with Gasteiger partial charge in [0.05, 0.1) is 6.10 Å². The molecule has 0 saturated carbocycles. The molecule has 0 saturated heterocycles. The van der Waals surface area contributed by atoms with Gasteiger partial charge in [-0.3, -0.25) is 4.79 Å². The number of rotatable bonds is 5. The summed E-state index contributed by atoms with van der Waals surface area (Å²) in [5, 5.41) is 30.9. The predicted octanol–water partition coefficient (Wildman–Crippen LogP) is 1.96. The fourth-order valence-electron chi connectivity index (χ4n) is 1.83. The van der Waals surface area contributed by atoms with E-state index in [0.717, 1.165) is 5.56 Å². The Morgan fingerprint density at radius 2 is 1.55 bits per heavy atom. The van der Waals surface area contributed by atoms with E-state index in [4.69, 9.17) is 5.11 Å². The number of aliphatic hydroxyl groups is 1. The van der Waals surface area contributed by atoms with Gasteiger partial charge in [-0.05, 0) is 41.5 Å². The summed E-state index contributed by atoms with van der Waals surface area (Å²) in [5.41, 5.74) is 1.40. The molecule has 0 radical (unpaired) electrons. The Bertz CT molecular complexity index is 647. The van der Waals surface area contributed by atoms with Gasteiger partial charge >= 0.3 is 0 Å². The molecule has 0 fully saturated rings. The molecule has 2 aromatic rings. The molecule has 0 aliphatic rings. The lowest BCUT2D eigenvalue weighted by Crippen LogP contribution is -2.26. The monoisotopic (exact) mass is 299 g/mol. The number of hydrogen-bond donors (Lipinski definition) is 4. The summed E-state index contributed by atoms with van der Waals surface area (Å²) < 4.78 is 0. The van der Waals surface area contributed by atoms with E-state index in [-0.39, 0.29) is 24.0 Å². The maximum absolute atomic E-state index is 11.7. The molecule has 1 atom stereocenters. The quantitative estimate of drug-likeness (QED) is 0.635. The molecule has 2 rings (SSSR count). The summed E-state index contributed by atoms with van der Waals surface area (Å²) in [4.78, 5) is 11.7. The Kier molecular flexibility index (Phi) is 5.16. The molecular weight excluding hydrogens is 282 g/mol. The van der Waals surface area contributed by atoms with Crippen LogP contribution in [0.2, 0.25) is 0 Å². The van der Waals surface area contributed by atoms with Crippen molar-refractivity contribution >= 4 is 12.0 Å². The largest absolute Gasteiger partial charge is 0.508 e. The molecule has 0 spiro atoms. The maximum Gasteiger partial charge on any atom is 0.244 e. The highest BCUT2D eigenvalue weighted by atomic mass is 16.3. The molecule has 0 aliphatic heterocycles. The Balaban J connectivity index is 1.84. The van der Waals surface area contributed by atoms with Crippen LogP contribution in [0.1, 0.15) is 17.2 Å². The highest BCUT2D eigenvalue weighted by Gasteiger charge is 2.08. The molecule has 5 nitrogen and oxygen atoms in total. The summed E-state index contributed by atoms with van der Waals surface area (Å²) >= 11 is 0. The van der Waals surface area contributed by atoms with Crippen molar-refractivity contribution in [1.29, 1.82) is 0 Å². The van der Waals surface area contributed by atoms with E-state index in [1.54, 1.807) is 30.3 Å². The van der Waals surface area contributed by atoms with E-state index in [1.165, 1.54) is 30.3 Å². The highest BCUT2D eigenvalue weighted by Crippen LogP contribution is 2.16. The molecule has 5 heteroatoms. The summed E-state index contributed by atoms with van der Waals surface area (Å²) in [5.74, 6) is -0.0404. The third-order valence-electron chi connectivity index (χ3n) is 3.07. The van der Waals surface area contributed by atoms with E-state index in [0.29, 0.717) is 5.56 Å². The van der Waals surface area contributed by atoms with Crippen molar-refractivity contribution in [2.75, 3.05) is 6.54 Å². The van der Waals surface area contributed by atoms with Crippen LogP contribution in [0, 0.1) is 0 Å².